The van der Waals surface area contributed by atoms with Gasteiger partial charge >= 0.3 is 12.1 Å². The first-order valence-corrected chi connectivity index (χ1v) is 11.7. The molecule has 0 radical (unpaired) electrons. The number of rotatable bonds is 9. The van der Waals surface area contributed by atoms with Gasteiger partial charge in [-0.3, -0.25) is 4.79 Å². The zero-order valence-corrected chi connectivity index (χ0v) is 20.3. The van der Waals surface area contributed by atoms with E-state index in [0.29, 0.717) is 6.42 Å². The first kappa shape index (κ1) is 25.3. The summed E-state index contributed by atoms with van der Waals surface area (Å²) in [6.45, 7) is 7.94. The molecule has 2 aromatic rings. The first-order chi connectivity index (χ1) is 16.1. The Morgan fingerprint density at radius 3 is 2.06 bits per heavy atom. The van der Waals surface area contributed by atoms with E-state index in [9.17, 15) is 19.5 Å². The molecule has 0 saturated carbocycles. The number of amides is 2. The zero-order valence-electron chi connectivity index (χ0n) is 20.3. The molecule has 182 valence electrons. The Labute approximate surface area is 200 Å². The van der Waals surface area contributed by atoms with E-state index in [1.54, 1.807) is 6.92 Å². The molecule has 0 heterocycles. The zero-order chi connectivity index (χ0) is 24.9. The smallest absolute Gasteiger partial charge is 0.407 e. The van der Waals surface area contributed by atoms with Gasteiger partial charge in [0.25, 0.3) is 0 Å². The maximum atomic E-state index is 12.8. The second-order valence-corrected chi connectivity index (χ2v) is 9.98. The third kappa shape index (κ3) is 6.16. The molecular formula is C27H34N2O5. The van der Waals surface area contributed by atoms with Crippen LogP contribution in [0.4, 0.5) is 4.79 Å². The maximum Gasteiger partial charge on any atom is 0.407 e. The highest BCUT2D eigenvalue weighted by atomic mass is 16.5. The van der Waals surface area contributed by atoms with Gasteiger partial charge in [0, 0.05) is 12.5 Å². The number of aliphatic carboxylic acids is 1. The van der Waals surface area contributed by atoms with Crippen LogP contribution in [-0.2, 0) is 14.3 Å². The normalized spacial score (nSPS) is 14.5. The Morgan fingerprint density at radius 1 is 1.00 bits per heavy atom. The highest BCUT2D eigenvalue weighted by molar-refractivity contribution is 5.85. The van der Waals surface area contributed by atoms with Gasteiger partial charge in [-0.05, 0) is 40.5 Å². The monoisotopic (exact) mass is 466 g/mol. The number of ether oxygens (including phenoxy) is 1. The van der Waals surface area contributed by atoms with Crippen LogP contribution in [0.5, 0.6) is 0 Å². The molecule has 1 unspecified atom stereocenters. The summed E-state index contributed by atoms with van der Waals surface area (Å²) in [4.78, 5) is 36.6. The molecule has 34 heavy (non-hydrogen) atoms. The van der Waals surface area contributed by atoms with E-state index in [1.807, 2.05) is 45.0 Å². The number of fused-ring (bicyclic) bond motifs is 3. The molecule has 0 spiro atoms. The van der Waals surface area contributed by atoms with Gasteiger partial charge in [-0.25, -0.2) is 9.59 Å². The van der Waals surface area contributed by atoms with Crippen molar-refractivity contribution >= 4 is 18.0 Å². The molecule has 0 aliphatic heterocycles. The number of hydrogen-bond acceptors (Lipinski definition) is 4. The molecule has 3 rings (SSSR count). The second kappa shape index (κ2) is 10.7. The number of carbonyl (C=O) groups is 3. The van der Waals surface area contributed by atoms with E-state index in [2.05, 4.69) is 34.9 Å². The molecule has 0 bridgehead atoms. The summed E-state index contributed by atoms with van der Waals surface area (Å²) >= 11 is 0. The van der Waals surface area contributed by atoms with Crippen LogP contribution < -0.4 is 10.6 Å². The van der Waals surface area contributed by atoms with Gasteiger partial charge in [-0.15, -0.1) is 0 Å². The number of benzene rings is 2. The lowest BCUT2D eigenvalue weighted by molar-refractivity contribution is -0.142. The lowest BCUT2D eigenvalue weighted by Crippen LogP contribution is -2.47. The summed E-state index contributed by atoms with van der Waals surface area (Å²) < 4.78 is 5.56. The van der Waals surface area contributed by atoms with Crippen molar-refractivity contribution in [1.82, 2.24) is 10.6 Å². The minimum Gasteiger partial charge on any atom is -0.480 e. The minimum absolute atomic E-state index is 0.0484. The van der Waals surface area contributed by atoms with Crippen LogP contribution in [0, 0.1) is 11.3 Å². The molecule has 7 nitrogen and oxygen atoms in total. The summed E-state index contributed by atoms with van der Waals surface area (Å²) in [7, 11) is 0. The molecule has 0 fully saturated rings. The van der Waals surface area contributed by atoms with Gasteiger partial charge in [-0.1, -0.05) is 76.2 Å². The van der Waals surface area contributed by atoms with Crippen molar-refractivity contribution in [3.8, 4) is 11.1 Å². The Kier molecular flexibility index (Phi) is 7.97. The van der Waals surface area contributed by atoms with Crippen molar-refractivity contribution < 1.29 is 24.2 Å². The van der Waals surface area contributed by atoms with Gasteiger partial charge < -0.3 is 20.5 Å². The van der Waals surface area contributed by atoms with Gasteiger partial charge in [0.1, 0.15) is 12.6 Å². The van der Waals surface area contributed by atoms with E-state index in [-0.39, 0.29) is 36.8 Å². The number of carboxylic acids is 1. The Hall–Kier alpha value is -3.35. The first-order valence-electron chi connectivity index (χ1n) is 11.7. The number of carboxylic acid groups (broad SMARTS) is 1. The van der Waals surface area contributed by atoms with E-state index >= 15 is 0 Å². The average Bonchev–Trinajstić information content (AvgIpc) is 3.11. The molecular weight excluding hydrogens is 432 g/mol. The molecule has 0 aromatic heterocycles. The summed E-state index contributed by atoms with van der Waals surface area (Å²) in [6, 6.07) is 15.3. The number of nitrogens with one attached hydrogen (secondary N) is 2. The Bertz CT molecular complexity index is 998. The largest absolute Gasteiger partial charge is 0.480 e. The predicted octanol–water partition coefficient (Wildman–Crippen LogP) is 4.56. The SMILES string of the molecule is CC[C@@H](NC(=O)C(CNC(=O)OCC1c2ccccc2-c2ccccc21)CC(C)(C)C)C(=O)O. The van der Waals surface area contributed by atoms with Crippen molar-refractivity contribution in [2.45, 2.75) is 52.5 Å². The molecule has 2 atom stereocenters. The standard InChI is InChI=1S/C27H34N2O5/c1-5-23(25(31)32)29-24(30)17(14-27(2,3)4)15-28-26(33)34-16-22-20-12-8-6-10-18(20)19-11-7-9-13-21(19)22/h6-13,17,22-23H,5,14-16H2,1-4H3,(H,28,33)(H,29,30)(H,31,32)/t17?,23-/m1/s1. The maximum absolute atomic E-state index is 12.8. The molecule has 3 N–H and O–H groups in total. The van der Waals surface area contributed by atoms with Gasteiger partial charge in [0.15, 0.2) is 0 Å². The van der Waals surface area contributed by atoms with Crippen LogP contribution in [-0.4, -0.2) is 42.3 Å². The van der Waals surface area contributed by atoms with Crippen molar-refractivity contribution in [2.75, 3.05) is 13.2 Å². The van der Waals surface area contributed by atoms with Crippen LogP contribution in [0.3, 0.4) is 0 Å². The fraction of sp³-hybridized carbons (Fsp3) is 0.444. The average molecular weight is 467 g/mol. The van der Waals surface area contributed by atoms with Crippen LogP contribution >= 0.6 is 0 Å². The second-order valence-electron chi connectivity index (χ2n) is 9.98. The van der Waals surface area contributed by atoms with Crippen molar-refractivity contribution in [2.24, 2.45) is 11.3 Å². The number of carbonyl (C=O) groups excluding carboxylic acids is 2. The van der Waals surface area contributed by atoms with E-state index in [4.69, 9.17) is 4.74 Å². The lowest BCUT2D eigenvalue weighted by atomic mass is 9.84. The Morgan fingerprint density at radius 2 is 1.56 bits per heavy atom. The van der Waals surface area contributed by atoms with E-state index < -0.39 is 24.0 Å². The molecule has 2 aromatic carbocycles. The highest BCUT2D eigenvalue weighted by Crippen LogP contribution is 2.44. The van der Waals surface area contributed by atoms with Crippen molar-refractivity contribution in [3.63, 3.8) is 0 Å². The topological polar surface area (TPSA) is 105 Å². The number of alkyl carbamates (subject to hydrolysis) is 1. The van der Waals surface area contributed by atoms with Gasteiger partial charge in [-0.2, -0.15) is 0 Å². The van der Waals surface area contributed by atoms with Crippen LogP contribution in [0.1, 0.15) is 57.6 Å². The summed E-state index contributed by atoms with van der Waals surface area (Å²) in [5, 5.41) is 14.6. The molecule has 1 aliphatic carbocycles. The molecule has 1 aliphatic rings. The third-order valence-electron chi connectivity index (χ3n) is 6.09. The molecule has 2 amide bonds. The number of hydrogen-bond donors (Lipinski definition) is 3. The fourth-order valence-electron chi connectivity index (χ4n) is 4.48. The fourth-order valence-corrected chi connectivity index (χ4v) is 4.48. The lowest BCUT2D eigenvalue weighted by Gasteiger charge is -2.26. The summed E-state index contributed by atoms with van der Waals surface area (Å²) in [5.41, 5.74) is 4.37. The van der Waals surface area contributed by atoms with Crippen molar-refractivity contribution in [3.05, 3.63) is 59.7 Å². The van der Waals surface area contributed by atoms with Crippen LogP contribution in [0.2, 0.25) is 0 Å². The Balaban J connectivity index is 1.62. The third-order valence-corrected chi connectivity index (χ3v) is 6.09. The summed E-state index contributed by atoms with van der Waals surface area (Å²) in [6.07, 6.45) is 0.167. The summed E-state index contributed by atoms with van der Waals surface area (Å²) in [5.74, 6) is -2.08. The minimum atomic E-state index is -1.07. The molecule has 0 saturated heterocycles. The highest BCUT2D eigenvalue weighted by Gasteiger charge is 2.30. The van der Waals surface area contributed by atoms with Gasteiger partial charge in [0.05, 0.1) is 5.92 Å². The van der Waals surface area contributed by atoms with Gasteiger partial charge in [0.2, 0.25) is 5.91 Å². The molecule has 7 heteroatoms. The predicted molar refractivity (Wildman–Crippen MR) is 130 cm³/mol. The van der Waals surface area contributed by atoms with Crippen molar-refractivity contribution in [1.29, 1.82) is 0 Å². The van der Waals surface area contributed by atoms with E-state index in [1.165, 1.54) is 0 Å². The van der Waals surface area contributed by atoms with Crippen LogP contribution in [0.25, 0.3) is 11.1 Å². The van der Waals surface area contributed by atoms with Crippen LogP contribution in [0.15, 0.2) is 48.5 Å². The van der Waals surface area contributed by atoms with E-state index in [0.717, 1.165) is 22.3 Å². The quantitative estimate of drug-likeness (QED) is 0.503.